The second-order valence-electron chi connectivity index (χ2n) is 3.54. The molecule has 0 aliphatic rings. The maximum atomic E-state index is 5.69. The summed E-state index contributed by atoms with van der Waals surface area (Å²) in [7, 11) is 1.67. The Hall–Kier alpha value is -1.18. The van der Waals surface area contributed by atoms with Crippen LogP contribution in [0.25, 0.3) is 0 Å². The van der Waals surface area contributed by atoms with Gasteiger partial charge in [-0.25, -0.2) is 0 Å². The van der Waals surface area contributed by atoms with Crippen LogP contribution in [0.3, 0.4) is 0 Å². The third kappa shape index (κ3) is 3.46. The molecule has 0 saturated carbocycles. The van der Waals surface area contributed by atoms with Crippen LogP contribution in [-0.4, -0.2) is 13.7 Å². The second kappa shape index (κ2) is 6.33. The summed E-state index contributed by atoms with van der Waals surface area (Å²) in [5.41, 5.74) is 1.28. The van der Waals surface area contributed by atoms with Crippen LogP contribution in [0.2, 0.25) is 0 Å². The fraction of sp³-hybridized carbons (Fsp3) is 0.538. The molecule has 0 radical (unpaired) electrons. The molecule has 84 valence electrons. The zero-order chi connectivity index (χ0) is 11.1. The highest BCUT2D eigenvalue weighted by atomic mass is 16.5. The molecule has 1 rings (SSSR count). The maximum Gasteiger partial charge on any atom is 0.161 e. The highest BCUT2D eigenvalue weighted by Gasteiger charge is 2.04. The van der Waals surface area contributed by atoms with Crippen LogP contribution in [-0.2, 0) is 6.42 Å². The quantitative estimate of drug-likeness (QED) is 0.667. The van der Waals surface area contributed by atoms with Crippen molar-refractivity contribution in [3.8, 4) is 11.5 Å². The molecular formula is C13H20O2. The maximum absolute atomic E-state index is 5.69. The SMILES string of the molecule is CCCCOc1cc(CC)ccc1OC. The number of methoxy groups -OCH3 is 1. The zero-order valence-corrected chi connectivity index (χ0v) is 9.88. The Bertz CT molecular complexity index is 295. The number of hydrogen-bond acceptors (Lipinski definition) is 2. The second-order valence-corrected chi connectivity index (χ2v) is 3.54. The van der Waals surface area contributed by atoms with Gasteiger partial charge in [0.2, 0.25) is 0 Å². The van der Waals surface area contributed by atoms with E-state index < -0.39 is 0 Å². The van der Waals surface area contributed by atoms with Crippen molar-refractivity contribution in [2.45, 2.75) is 33.1 Å². The molecule has 0 fully saturated rings. The smallest absolute Gasteiger partial charge is 0.161 e. The van der Waals surface area contributed by atoms with Gasteiger partial charge in [0.05, 0.1) is 13.7 Å². The molecule has 1 aromatic rings. The molecule has 0 heterocycles. The van der Waals surface area contributed by atoms with Gasteiger partial charge < -0.3 is 9.47 Å². The van der Waals surface area contributed by atoms with E-state index in [9.17, 15) is 0 Å². The topological polar surface area (TPSA) is 18.5 Å². The predicted molar refractivity (Wildman–Crippen MR) is 62.8 cm³/mol. The molecule has 2 heteroatoms. The first kappa shape index (κ1) is 11.9. The van der Waals surface area contributed by atoms with Gasteiger partial charge in [0, 0.05) is 0 Å². The Morgan fingerprint density at radius 2 is 1.93 bits per heavy atom. The first-order valence-electron chi connectivity index (χ1n) is 5.61. The summed E-state index contributed by atoms with van der Waals surface area (Å²) >= 11 is 0. The fourth-order valence-corrected chi connectivity index (χ4v) is 1.38. The summed E-state index contributed by atoms with van der Waals surface area (Å²) in [6.07, 6.45) is 3.25. The number of aryl methyl sites for hydroxylation is 1. The lowest BCUT2D eigenvalue weighted by Crippen LogP contribution is -1.99. The Morgan fingerprint density at radius 1 is 1.13 bits per heavy atom. The van der Waals surface area contributed by atoms with Crippen molar-refractivity contribution in [1.29, 1.82) is 0 Å². The number of benzene rings is 1. The van der Waals surface area contributed by atoms with Gasteiger partial charge in [-0.05, 0) is 30.5 Å². The van der Waals surface area contributed by atoms with E-state index in [4.69, 9.17) is 9.47 Å². The summed E-state index contributed by atoms with van der Waals surface area (Å²) in [6.45, 7) is 5.06. The van der Waals surface area contributed by atoms with Crippen LogP contribution in [0.15, 0.2) is 18.2 Å². The van der Waals surface area contributed by atoms with Gasteiger partial charge in [0.15, 0.2) is 11.5 Å². The first-order valence-corrected chi connectivity index (χ1v) is 5.61. The van der Waals surface area contributed by atoms with Crippen molar-refractivity contribution < 1.29 is 9.47 Å². The van der Waals surface area contributed by atoms with Crippen molar-refractivity contribution in [2.24, 2.45) is 0 Å². The van der Waals surface area contributed by atoms with E-state index in [-0.39, 0.29) is 0 Å². The Morgan fingerprint density at radius 3 is 2.53 bits per heavy atom. The van der Waals surface area contributed by atoms with Gasteiger partial charge in [0.25, 0.3) is 0 Å². The minimum absolute atomic E-state index is 0.764. The monoisotopic (exact) mass is 208 g/mol. The van der Waals surface area contributed by atoms with Gasteiger partial charge in [-0.2, -0.15) is 0 Å². The summed E-state index contributed by atoms with van der Waals surface area (Å²) < 4.78 is 10.9. The lowest BCUT2D eigenvalue weighted by atomic mass is 10.1. The van der Waals surface area contributed by atoms with E-state index >= 15 is 0 Å². The molecule has 0 atom stereocenters. The van der Waals surface area contributed by atoms with Crippen LogP contribution >= 0.6 is 0 Å². The Balaban J connectivity index is 2.72. The summed E-state index contributed by atoms with van der Waals surface area (Å²) in [6, 6.07) is 6.11. The average Bonchev–Trinajstić information content (AvgIpc) is 2.29. The largest absolute Gasteiger partial charge is 0.493 e. The highest BCUT2D eigenvalue weighted by Crippen LogP contribution is 2.28. The molecule has 0 aliphatic carbocycles. The fourth-order valence-electron chi connectivity index (χ4n) is 1.38. The zero-order valence-electron chi connectivity index (χ0n) is 9.88. The summed E-state index contributed by atoms with van der Waals surface area (Å²) in [5.74, 6) is 1.69. The van der Waals surface area contributed by atoms with Crippen molar-refractivity contribution in [3.05, 3.63) is 23.8 Å². The van der Waals surface area contributed by atoms with Crippen molar-refractivity contribution in [2.75, 3.05) is 13.7 Å². The summed E-state index contributed by atoms with van der Waals surface area (Å²) in [4.78, 5) is 0. The Labute approximate surface area is 92.2 Å². The molecule has 0 unspecified atom stereocenters. The van der Waals surface area contributed by atoms with Crippen LogP contribution in [0.5, 0.6) is 11.5 Å². The van der Waals surface area contributed by atoms with E-state index in [1.54, 1.807) is 7.11 Å². The van der Waals surface area contributed by atoms with Gasteiger partial charge >= 0.3 is 0 Å². The minimum Gasteiger partial charge on any atom is -0.493 e. The predicted octanol–water partition coefficient (Wildman–Crippen LogP) is 3.44. The number of unbranched alkanes of at least 4 members (excludes halogenated alkanes) is 1. The lowest BCUT2D eigenvalue weighted by Gasteiger charge is -2.11. The van der Waals surface area contributed by atoms with Crippen LogP contribution in [0.4, 0.5) is 0 Å². The molecule has 0 spiro atoms. The first-order chi connectivity index (χ1) is 7.31. The molecule has 0 saturated heterocycles. The van der Waals surface area contributed by atoms with Gasteiger partial charge in [0.1, 0.15) is 0 Å². The van der Waals surface area contributed by atoms with E-state index in [1.165, 1.54) is 5.56 Å². The van der Waals surface area contributed by atoms with Crippen molar-refractivity contribution >= 4 is 0 Å². The molecule has 0 N–H and O–H groups in total. The number of ether oxygens (including phenoxy) is 2. The molecule has 1 aromatic carbocycles. The van der Waals surface area contributed by atoms with E-state index in [2.05, 4.69) is 26.0 Å². The molecule has 0 aliphatic heterocycles. The van der Waals surface area contributed by atoms with Gasteiger partial charge in [-0.3, -0.25) is 0 Å². The standard InChI is InChI=1S/C13H20O2/c1-4-6-9-15-13-10-11(5-2)7-8-12(13)14-3/h7-8,10H,4-6,9H2,1-3H3. The van der Waals surface area contributed by atoms with E-state index in [0.717, 1.165) is 37.4 Å². The molecule has 0 aromatic heterocycles. The average molecular weight is 208 g/mol. The van der Waals surface area contributed by atoms with Gasteiger partial charge in [-0.1, -0.05) is 26.3 Å². The van der Waals surface area contributed by atoms with Crippen LogP contribution in [0.1, 0.15) is 32.3 Å². The van der Waals surface area contributed by atoms with Crippen LogP contribution in [0, 0.1) is 0 Å². The normalized spacial score (nSPS) is 10.1. The Kier molecular flexibility index (Phi) is 5.02. The highest BCUT2D eigenvalue weighted by molar-refractivity contribution is 5.42. The lowest BCUT2D eigenvalue weighted by molar-refractivity contribution is 0.288. The van der Waals surface area contributed by atoms with Gasteiger partial charge in [-0.15, -0.1) is 0 Å². The third-order valence-electron chi connectivity index (χ3n) is 2.39. The summed E-state index contributed by atoms with van der Waals surface area (Å²) in [5, 5.41) is 0. The molecule has 2 nitrogen and oxygen atoms in total. The number of rotatable bonds is 6. The van der Waals surface area contributed by atoms with Crippen molar-refractivity contribution in [3.63, 3.8) is 0 Å². The van der Waals surface area contributed by atoms with E-state index in [1.807, 2.05) is 6.07 Å². The molecule has 0 bridgehead atoms. The minimum atomic E-state index is 0.764. The van der Waals surface area contributed by atoms with Crippen LogP contribution < -0.4 is 9.47 Å². The van der Waals surface area contributed by atoms with E-state index in [0.29, 0.717) is 0 Å². The molecular weight excluding hydrogens is 188 g/mol. The molecule has 0 amide bonds. The third-order valence-corrected chi connectivity index (χ3v) is 2.39. The number of hydrogen-bond donors (Lipinski definition) is 0. The molecule has 15 heavy (non-hydrogen) atoms. The van der Waals surface area contributed by atoms with Crippen molar-refractivity contribution in [1.82, 2.24) is 0 Å².